The van der Waals surface area contributed by atoms with Gasteiger partial charge in [-0.3, -0.25) is 9.52 Å². The van der Waals surface area contributed by atoms with E-state index in [1.807, 2.05) is 0 Å². The van der Waals surface area contributed by atoms with Crippen molar-refractivity contribution in [2.45, 2.75) is 24.7 Å². The van der Waals surface area contributed by atoms with Crippen LogP contribution in [0, 0.1) is 12.8 Å². The molecular formula is C18H20N2O4S. The number of rotatable bonds is 6. The molecule has 1 aliphatic rings. The van der Waals surface area contributed by atoms with E-state index in [0.29, 0.717) is 22.7 Å². The molecule has 0 saturated heterocycles. The second kappa shape index (κ2) is 6.76. The van der Waals surface area contributed by atoms with Crippen LogP contribution in [-0.4, -0.2) is 21.4 Å². The van der Waals surface area contributed by atoms with Crippen LogP contribution in [0.25, 0.3) is 0 Å². The van der Waals surface area contributed by atoms with Crippen molar-refractivity contribution in [2.75, 3.05) is 17.1 Å². The lowest BCUT2D eigenvalue weighted by Gasteiger charge is -2.14. The molecule has 1 fully saturated rings. The quantitative estimate of drug-likeness (QED) is 0.829. The predicted molar refractivity (Wildman–Crippen MR) is 96.3 cm³/mol. The first kappa shape index (κ1) is 17.3. The highest BCUT2D eigenvalue weighted by Crippen LogP contribution is 2.31. The number of carbonyl (C=O) groups excluding carboxylic acids is 1. The van der Waals surface area contributed by atoms with Gasteiger partial charge in [0.15, 0.2) is 0 Å². The third-order valence-corrected chi connectivity index (χ3v) is 5.55. The second-order valence-electron chi connectivity index (χ2n) is 6.05. The first-order valence-electron chi connectivity index (χ1n) is 7.98. The number of amides is 1. The average Bonchev–Trinajstić information content (AvgIpc) is 3.41. The molecule has 0 aliphatic heterocycles. The van der Waals surface area contributed by atoms with Crippen LogP contribution in [0.4, 0.5) is 11.4 Å². The van der Waals surface area contributed by atoms with Gasteiger partial charge in [-0.2, -0.15) is 0 Å². The lowest BCUT2D eigenvalue weighted by molar-refractivity contribution is -0.117. The largest absolute Gasteiger partial charge is 0.495 e. The van der Waals surface area contributed by atoms with E-state index in [9.17, 15) is 13.2 Å². The Bertz CT molecular complexity index is 905. The van der Waals surface area contributed by atoms with E-state index in [4.69, 9.17) is 4.74 Å². The Kier molecular flexibility index (Phi) is 4.67. The van der Waals surface area contributed by atoms with Gasteiger partial charge in [-0.25, -0.2) is 8.42 Å². The van der Waals surface area contributed by atoms with Crippen LogP contribution < -0.4 is 14.8 Å². The van der Waals surface area contributed by atoms with Gasteiger partial charge in [0.1, 0.15) is 5.75 Å². The number of nitrogens with one attached hydrogen (secondary N) is 2. The van der Waals surface area contributed by atoms with Crippen molar-refractivity contribution in [3.63, 3.8) is 0 Å². The topological polar surface area (TPSA) is 84.5 Å². The van der Waals surface area contributed by atoms with Crippen LogP contribution in [0.3, 0.4) is 0 Å². The molecule has 2 aromatic rings. The van der Waals surface area contributed by atoms with Gasteiger partial charge in [-0.1, -0.05) is 18.2 Å². The molecule has 2 aromatic carbocycles. The summed E-state index contributed by atoms with van der Waals surface area (Å²) in [5, 5.41) is 2.77. The zero-order valence-electron chi connectivity index (χ0n) is 14.1. The fourth-order valence-corrected chi connectivity index (χ4v) is 3.83. The number of benzene rings is 2. The number of methoxy groups -OCH3 is 1. The summed E-state index contributed by atoms with van der Waals surface area (Å²) >= 11 is 0. The molecule has 0 unspecified atom stereocenters. The van der Waals surface area contributed by atoms with Gasteiger partial charge in [0.05, 0.1) is 17.7 Å². The number of anilines is 2. The van der Waals surface area contributed by atoms with Crippen LogP contribution >= 0.6 is 0 Å². The maximum absolute atomic E-state index is 12.8. The van der Waals surface area contributed by atoms with Crippen LogP contribution in [0.1, 0.15) is 18.4 Å². The standard InChI is InChI=1S/C18H20N2O4S/c1-12-7-10-14(19-18(21)13-8-9-13)11-17(12)25(22,23)20-15-5-3-4-6-16(15)24-2/h3-7,10-11,13,20H,8-9H2,1-2H3,(H,19,21). The Morgan fingerprint density at radius 1 is 1.16 bits per heavy atom. The number of hydrogen-bond donors (Lipinski definition) is 2. The molecule has 6 nitrogen and oxygen atoms in total. The van der Waals surface area contributed by atoms with Crippen molar-refractivity contribution in [3.8, 4) is 5.75 Å². The highest BCUT2D eigenvalue weighted by atomic mass is 32.2. The van der Waals surface area contributed by atoms with E-state index in [2.05, 4.69) is 10.0 Å². The maximum Gasteiger partial charge on any atom is 0.262 e. The SMILES string of the molecule is COc1ccccc1NS(=O)(=O)c1cc(NC(=O)C2CC2)ccc1C. The van der Waals surface area contributed by atoms with Crippen LogP contribution in [0.5, 0.6) is 5.75 Å². The molecule has 0 aromatic heterocycles. The van der Waals surface area contributed by atoms with E-state index in [1.54, 1.807) is 43.3 Å². The summed E-state index contributed by atoms with van der Waals surface area (Å²) in [6.45, 7) is 1.71. The summed E-state index contributed by atoms with van der Waals surface area (Å²) in [5.41, 5.74) is 1.42. The lowest BCUT2D eigenvalue weighted by atomic mass is 10.2. The summed E-state index contributed by atoms with van der Waals surface area (Å²) in [5.74, 6) is 0.417. The average molecular weight is 360 g/mol. The molecular weight excluding hydrogens is 340 g/mol. The van der Waals surface area contributed by atoms with Gasteiger partial charge in [0.2, 0.25) is 5.91 Å². The summed E-state index contributed by atoms with van der Waals surface area (Å²) < 4.78 is 33.3. The molecule has 0 heterocycles. The van der Waals surface area contributed by atoms with Crippen molar-refractivity contribution in [3.05, 3.63) is 48.0 Å². The first-order chi connectivity index (χ1) is 11.9. The molecule has 1 aliphatic carbocycles. The lowest BCUT2D eigenvalue weighted by Crippen LogP contribution is -2.17. The van der Waals surface area contributed by atoms with Gasteiger partial charge >= 0.3 is 0 Å². The molecule has 3 rings (SSSR count). The monoisotopic (exact) mass is 360 g/mol. The minimum Gasteiger partial charge on any atom is -0.495 e. The molecule has 0 atom stereocenters. The summed E-state index contributed by atoms with van der Waals surface area (Å²) in [6, 6.07) is 11.7. The van der Waals surface area contributed by atoms with Crippen LogP contribution in [0.15, 0.2) is 47.4 Å². The van der Waals surface area contributed by atoms with E-state index in [1.165, 1.54) is 13.2 Å². The molecule has 0 radical (unpaired) electrons. The molecule has 2 N–H and O–H groups in total. The third kappa shape index (κ3) is 3.93. The zero-order valence-corrected chi connectivity index (χ0v) is 14.9. The number of sulfonamides is 1. The van der Waals surface area contributed by atoms with E-state index >= 15 is 0 Å². The van der Waals surface area contributed by atoms with E-state index in [-0.39, 0.29) is 16.7 Å². The van der Waals surface area contributed by atoms with Gasteiger partial charge in [-0.05, 0) is 49.6 Å². The van der Waals surface area contributed by atoms with Gasteiger partial charge in [0, 0.05) is 11.6 Å². The molecule has 1 saturated carbocycles. The highest BCUT2D eigenvalue weighted by molar-refractivity contribution is 7.92. The molecule has 132 valence electrons. The number of hydrogen-bond acceptors (Lipinski definition) is 4. The molecule has 7 heteroatoms. The molecule has 0 spiro atoms. The molecule has 25 heavy (non-hydrogen) atoms. The Hall–Kier alpha value is -2.54. The predicted octanol–water partition coefficient (Wildman–Crippen LogP) is 3.15. The highest BCUT2D eigenvalue weighted by Gasteiger charge is 2.30. The second-order valence-corrected chi connectivity index (χ2v) is 7.70. The van der Waals surface area contributed by atoms with E-state index in [0.717, 1.165) is 12.8 Å². The van der Waals surface area contributed by atoms with Crippen LogP contribution in [-0.2, 0) is 14.8 Å². The number of aryl methyl sites for hydroxylation is 1. The minimum absolute atomic E-state index is 0.0491. The smallest absolute Gasteiger partial charge is 0.262 e. The van der Waals surface area contributed by atoms with Crippen molar-refractivity contribution in [1.82, 2.24) is 0 Å². The Morgan fingerprint density at radius 2 is 1.88 bits per heavy atom. The van der Waals surface area contributed by atoms with Crippen molar-refractivity contribution in [2.24, 2.45) is 5.92 Å². The molecule has 0 bridgehead atoms. The summed E-state index contributed by atoms with van der Waals surface area (Å²) in [4.78, 5) is 12.0. The molecule has 1 amide bonds. The number of para-hydroxylation sites is 2. The van der Waals surface area contributed by atoms with Gasteiger partial charge < -0.3 is 10.1 Å². The van der Waals surface area contributed by atoms with Crippen LogP contribution in [0.2, 0.25) is 0 Å². The maximum atomic E-state index is 12.8. The normalized spacial score (nSPS) is 14.0. The summed E-state index contributed by atoms with van der Waals surface area (Å²) in [6.07, 6.45) is 1.77. The fourth-order valence-electron chi connectivity index (χ4n) is 2.49. The Balaban J connectivity index is 1.89. The Morgan fingerprint density at radius 3 is 2.56 bits per heavy atom. The number of carbonyl (C=O) groups is 1. The van der Waals surface area contributed by atoms with Gasteiger partial charge in [-0.15, -0.1) is 0 Å². The van der Waals surface area contributed by atoms with E-state index < -0.39 is 10.0 Å². The minimum atomic E-state index is -3.82. The Labute approximate surface area is 147 Å². The van der Waals surface area contributed by atoms with Gasteiger partial charge in [0.25, 0.3) is 10.0 Å². The zero-order chi connectivity index (χ0) is 18.0. The van der Waals surface area contributed by atoms with Crippen molar-refractivity contribution >= 4 is 27.3 Å². The third-order valence-electron chi connectivity index (χ3n) is 4.04. The first-order valence-corrected chi connectivity index (χ1v) is 9.46. The van der Waals surface area contributed by atoms with Crippen molar-refractivity contribution in [1.29, 1.82) is 0 Å². The fraction of sp³-hybridized carbons (Fsp3) is 0.278. The summed E-state index contributed by atoms with van der Waals surface area (Å²) in [7, 11) is -2.34. The van der Waals surface area contributed by atoms with Crippen molar-refractivity contribution < 1.29 is 17.9 Å². The number of ether oxygens (including phenoxy) is 1.